The van der Waals surface area contributed by atoms with E-state index in [4.69, 9.17) is 9.47 Å². The van der Waals surface area contributed by atoms with E-state index in [2.05, 4.69) is 31.3 Å². The number of carbonyl (C=O) groups excluding carboxylic acids is 1. The predicted octanol–water partition coefficient (Wildman–Crippen LogP) is 4.08. The molecule has 0 spiro atoms. The van der Waals surface area contributed by atoms with Gasteiger partial charge in [-0.15, -0.1) is 0 Å². The second-order valence-corrected chi connectivity index (χ2v) is 6.47. The Balaban J connectivity index is 1.88. The smallest absolute Gasteiger partial charge is 0.255 e. The van der Waals surface area contributed by atoms with Crippen molar-refractivity contribution in [1.82, 2.24) is 14.8 Å². The van der Waals surface area contributed by atoms with Gasteiger partial charge >= 0.3 is 0 Å². The van der Waals surface area contributed by atoms with Crippen molar-refractivity contribution in [3.05, 3.63) is 59.0 Å². The quantitative estimate of drug-likeness (QED) is 0.610. The Morgan fingerprint density at radius 3 is 2.85 bits per heavy atom. The van der Waals surface area contributed by atoms with Crippen LogP contribution in [0.4, 0.5) is 5.69 Å². The molecule has 0 saturated heterocycles. The maximum Gasteiger partial charge on any atom is 0.255 e. The third-order valence-corrected chi connectivity index (χ3v) is 4.29. The van der Waals surface area contributed by atoms with Crippen LogP contribution in [-0.2, 0) is 0 Å². The Morgan fingerprint density at radius 1 is 1.30 bits per heavy atom. The summed E-state index contributed by atoms with van der Waals surface area (Å²) in [6.45, 7) is 2.58. The summed E-state index contributed by atoms with van der Waals surface area (Å²) in [7, 11) is 1.54. The molecule has 0 atom stereocenters. The molecule has 1 amide bonds. The molecule has 0 radical (unpaired) electrons. The van der Waals surface area contributed by atoms with Crippen LogP contribution in [0.1, 0.15) is 23.7 Å². The van der Waals surface area contributed by atoms with E-state index in [1.165, 1.54) is 0 Å². The molecule has 1 aromatic carbocycles. The van der Waals surface area contributed by atoms with Gasteiger partial charge in [-0.3, -0.25) is 4.79 Å². The molecule has 0 aliphatic carbocycles. The van der Waals surface area contributed by atoms with E-state index in [9.17, 15) is 4.79 Å². The summed E-state index contributed by atoms with van der Waals surface area (Å²) >= 11 is 3.46. The molecule has 140 valence electrons. The molecule has 1 N–H and O–H groups in total. The predicted molar refractivity (Wildman–Crippen MR) is 106 cm³/mol. The van der Waals surface area contributed by atoms with Crippen molar-refractivity contribution in [3.63, 3.8) is 0 Å². The number of nitrogens with one attached hydrogen (secondary N) is 1. The topological polar surface area (TPSA) is 78.3 Å². The highest BCUT2D eigenvalue weighted by Gasteiger charge is 2.17. The number of rotatable bonds is 7. The third kappa shape index (κ3) is 4.28. The van der Waals surface area contributed by atoms with E-state index in [-0.39, 0.29) is 5.91 Å². The zero-order chi connectivity index (χ0) is 19.2. The van der Waals surface area contributed by atoms with Crippen LogP contribution in [0.25, 0.3) is 5.82 Å². The van der Waals surface area contributed by atoms with Crippen LogP contribution in [0, 0.1) is 0 Å². The number of aromatic nitrogens is 3. The first kappa shape index (κ1) is 18.9. The number of hydrogen-bond donors (Lipinski definition) is 1. The van der Waals surface area contributed by atoms with Crippen molar-refractivity contribution < 1.29 is 14.3 Å². The van der Waals surface area contributed by atoms with Crippen molar-refractivity contribution in [2.45, 2.75) is 13.3 Å². The molecule has 2 heterocycles. The van der Waals surface area contributed by atoms with Gasteiger partial charge in [-0.1, -0.05) is 6.92 Å². The van der Waals surface area contributed by atoms with Gasteiger partial charge < -0.3 is 14.8 Å². The zero-order valence-corrected chi connectivity index (χ0v) is 16.6. The van der Waals surface area contributed by atoms with E-state index < -0.39 is 0 Å². The van der Waals surface area contributed by atoms with Crippen LogP contribution in [0.15, 0.2) is 53.4 Å². The average Bonchev–Trinajstić information content (AvgIpc) is 3.21. The lowest BCUT2D eigenvalue weighted by Gasteiger charge is -2.14. The van der Waals surface area contributed by atoms with Gasteiger partial charge in [-0.05, 0) is 52.7 Å². The molecular weight excluding hydrogens is 412 g/mol. The monoisotopic (exact) mass is 430 g/mol. The minimum Gasteiger partial charge on any atom is -0.493 e. The number of benzene rings is 1. The molecule has 0 saturated carbocycles. The van der Waals surface area contributed by atoms with Crippen molar-refractivity contribution >= 4 is 27.5 Å². The van der Waals surface area contributed by atoms with Gasteiger partial charge in [0, 0.05) is 24.2 Å². The Morgan fingerprint density at radius 2 is 2.15 bits per heavy atom. The number of nitrogens with zero attached hydrogens (tertiary/aromatic N) is 3. The summed E-state index contributed by atoms with van der Waals surface area (Å²) in [6.07, 6.45) is 5.93. The molecule has 27 heavy (non-hydrogen) atoms. The van der Waals surface area contributed by atoms with Gasteiger partial charge in [-0.2, -0.15) is 5.10 Å². The standard InChI is InChI=1S/C19H19BrN4O3/c1-3-10-27-17-14(20)11-13(12-16(17)26-2)19(25)23-15-6-4-7-21-18(15)24-9-5-8-22-24/h4-9,11-12H,3,10H2,1-2H3,(H,23,25). The van der Waals surface area contributed by atoms with Gasteiger partial charge in [-0.25, -0.2) is 9.67 Å². The van der Waals surface area contributed by atoms with Crippen LogP contribution in [0.5, 0.6) is 11.5 Å². The van der Waals surface area contributed by atoms with Crippen LogP contribution >= 0.6 is 15.9 Å². The van der Waals surface area contributed by atoms with E-state index >= 15 is 0 Å². The largest absolute Gasteiger partial charge is 0.493 e. The number of halogens is 1. The molecule has 3 rings (SSSR count). The number of amides is 1. The molecular formula is C19H19BrN4O3. The zero-order valence-electron chi connectivity index (χ0n) is 15.0. The van der Waals surface area contributed by atoms with Crippen LogP contribution in [0.2, 0.25) is 0 Å². The van der Waals surface area contributed by atoms with Gasteiger partial charge in [0.2, 0.25) is 0 Å². The number of anilines is 1. The second-order valence-electron chi connectivity index (χ2n) is 5.62. The number of carbonyl (C=O) groups is 1. The van der Waals surface area contributed by atoms with E-state index in [1.807, 2.05) is 6.92 Å². The molecule has 7 nitrogen and oxygen atoms in total. The lowest BCUT2D eigenvalue weighted by molar-refractivity contribution is 0.102. The third-order valence-electron chi connectivity index (χ3n) is 3.70. The Hall–Kier alpha value is -2.87. The maximum atomic E-state index is 12.8. The van der Waals surface area contributed by atoms with E-state index in [0.29, 0.717) is 39.6 Å². The summed E-state index contributed by atoms with van der Waals surface area (Å²) in [5.74, 6) is 1.30. The SMILES string of the molecule is CCCOc1c(Br)cc(C(=O)Nc2cccnc2-n2cccn2)cc1OC. The highest BCUT2D eigenvalue weighted by molar-refractivity contribution is 9.10. The molecule has 2 aromatic heterocycles. The van der Waals surface area contributed by atoms with Crippen LogP contribution in [0.3, 0.4) is 0 Å². The minimum absolute atomic E-state index is 0.294. The first-order valence-electron chi connectivity index (χ1n) is 8.40. The molecule has 0 unspecified atom stereocenters. The first-order valence-corrected chi connectivity index (χ1v) is 9.20. The Kier molecular flexibility index (Phi) is 6.08. The van der Waals surface area contributed by atoms with E-state index in [0.717, 1.165) is 6.42 Å². The summed E-state index contributed by atoms with van der Waals surface area (Å²) in [4.78, 5) is 17.1. The Labute approximate surface area is 165 Å². The molecule has 0 aliphatic rings. The molecule has 3 aromatic rings. The number of hydrogen-bond acceptors (Lipinski definition) is 5. The Bertz CT molecular complexity index is 929. The molecule has 0 fully saturated rings. The number of methoxy groups -OCH3 is 1. The van der Waals surface area contributed by atoms with Crippen molar-refractivity contribution in [1.29, 1.82) is 0 Å². The van der Waals surface area contributed by atoms with Gasteiger partial charge in [0.15, 0.2) is 17.3 Å². The fourth-order valence-corrected chi connectivity index (χ4v) is 3.02. The maximum absolute atomic E-state index is 12.8. The first-order chi connectivity index (χ1) is 13.1. The summed E-state index contributed by atoms with van der Waals surface area (Å²) < 4.78 is 13.3. The highest BCUT2D eigenvalue weighted by atomic mass is 79.9. The summed E-state index contributed by atoms with van der Waals surface area (Å²) in [5.41, 5.74) is 0.977. The highest BCUT2D eigenvalue weighted by Crippen LogP contribution is 2.37. The van der Waals surface area contributed by atoms with Crippen LogP contribution in [-0.4, -0.2) is 34.4 Å². The second kappa shape index (κ2) is 8.68. The number of pyridine rings is 1. The molecule has 0 bridgehead atoms. The fraction of sp³-hybridized carbons (Fsp3) is 0.211. The van der Waals surface area contributed by atoms with Crippen molar-refractivity contribution in [3.8, 4) is 17.3 Å². The van der Waals surface area contributed by atoms with E-state index in [1.54, 1.807) is 60.7 Å². The number of ether oxygens (including phenoxy) is 2. The average molecular weight is 431 g/mol. The van der Waals surface area contributed by atoms with Crippen molar-refractivity contribution in [2.24, 2.45) is 0 Å². The van der Waals surface area contributed by atoms with Crippen molar-refractivity contribution in [2.75, 3.05) is 19.0 Å². The lowest BCUT2D eigenvalue weighted by Crippen LogP contribution is -2.15. The fourth-order valence-electron chi connectivity index (χ4n) is 2.46. The van der Waals surface area contributed by atoms with Gasteiger partial charge in [0.1, 0.15) is 0 Å². The molecule has 8 heteroatoms. The minimum atomic E-state index is -0.294. The summed E-state index contributed by atoms with van der Waals surface area (Å²) in [6, 6.07) is 8.66. The lowest BCUT2D eigenvalue weighted by atomic mass is 10.2. The molecule has 0 aliphatic heterocycles. The van der Waals surface area contributed by atoms with Gasteiger partial charge in [0.25, 0.3) is 5.91 Å². The normalized spacial score (nSPS) is 10.5. The summed E-state index contributed by atoms with van der Waals surface area (Å²) in [5, 5.41) is 7.04. The van der Waals surface area contributed by atoms with Gasteiger partial charge in [0.05, 0.1) is 23.9 Å². The van der Waals surface area contributed by atoms with Crippen LogP contribution < -0.4 is 14.8 Å².